The zero-order chi connectivity index (χ0) is 22.6. The lowest BCUT2D eigenvalue weighted by Crippen LogP contribution is -2.17. The summed E-state index contributed by atoms with van der Waals surface area (Å²) in [6.45, 7) is 3.47. The number of benzene rings is 2. The van der Waals surface area contributed by atoms with Gasteiger partial charge in [-0.05, 0) is 44.2 Å². The summed E-state index contributed by atoms with van der Waals surface area (Å²) in [4.78, 5) is 12.5. The molecule has 3 rings (SSSR count). The Bertz CT molecular complexity index is 1180. The molecule has 0 fully saturated rings. The Hall–Kier alpha value is -3.53. The van der Waals surface area contributed by atoms with E-state index < -0.39 is 10.0 Å². The summed E-state index contributed by atoms with van der Waals surface area (Å²) >= 11 is 0. The monoisotopic (exact) mass is 445 g/mol. The summed E-state index contributed by atoms with van der Waals surface area (Å²) in [6, 6.07) is 10.9. The van der Waals surface area contributed by atoms with Crippen molar-refractivity contribution in [2.45, 2.75) is 25.2 Å². The lowest BCUT2D eigenvalue weighted by molar-refractivity contribution is -0.115. The van der Waals surface area contributed by atoms with Crippen molar-refractivity contribution >= 4 is 27.3 Å². The van der Waals surface area contributed by atoms with Gasteiger partial charge in [-0.25, -0.2) is 8.42 Å². The van der Waals surface area contributed by atoms with Crippen LogP contribution in [0.2, 0.25) is 0 Å². The van der Waals surface area contributed by atoms with Crippen molar-refractivity contribution < 1.29 is 27.2 Å². The van der Waals surface area contributed by atoms with Crippen LogP contribution in [0, 0.1) is 13.8 Å². The third-order valence-corrected chi connectivity index (χ3v) is 5.99. The van der Waals surface area contributed by atoms with Crippen LogP contribution in [0.3, 0.4) is 0 Å². The van der Waals surface area contributed by atoms with Gasteiger partial charge in [0, 0.05) is 5.56 Å². The Morgan fingerprint density at radius 1 is 1.03 bits per heavy atom. The maximum absolute atomic E-state index is 12.9. The molecule has 164 valence electrons. The van der Waals surface area contributed by atoms with Crippen LogP contribution in [0.5, 0.6) is 11.5 Å². The zero-order valence-corrected chi connectivity index (χ0v) is 18.4. The molecular weight excluding hydrogens is 422 g/mol. The van der Waals surface area contributed by atoms with E-state index in [1.165, 1.54) is 32.4 Å². The smallest absolute Gasteiger partial charge is 0.262 e. The molecule has 1 heterocycles. The largest absolute Gasteiger partial charge is 0.495 e. The highest BCUT2D eigenvalue weighted by atomic mass is 32.2. The molecule has 1 aromatic heterocycles. The molecule has 0 saturated carbocycles. The molecule has 0 saturated heterocycles. The van der Waals surface area contributed by atoms with Gasteiger partial charge in [0.2, 0.25) is 5.91 Å². The number of nitrogens with one attached hydrogen (secondary N) is 2. The fourth-order valence-electron chi connectivity index (χ4n) is 2.99. The van der Waals surface area contributed by atoms with E-state index in [2.05, 4.69) is 15.2 Å². The van der Waals surface area contributed by atoms with Crippen LogP contribution >= 0.6 is 0 Å². The third-order valence-electron chi connectivity index (χ3n) is 4.63. The molecule has 2 aromatic carbocycles. The normalized spacial score (nSPS) is 11.1. The number of anilines is 2. The number of carbonyl (C=O) groups excluding carboxylic acids is 1. The highest BCUT2D eigenvalue weighted by Crippen LogP contribution is 2.31. The number of carbonyl (C=O) groups is 1. The molecule has 0 aliphatic heterocycles. The van der Waals surface area contributed by atoms with Crippen molar-refractivity contribution in [3.63, 3.8) is 0 Å². The molecule has 0 unspecified atom stereocenters. The number of ether oxygens (including phenoxy) is 2. The van der Waals surface area contributed by atoms with E-state index >= 15 is 0 Å². The zero-order valence-electron chi connectivity index (χ0n) is 17.6. The molecular formula is C21H23N3O6S. The summed E-state index contributed by atoms with van der Waals surface area (Å²) in [5.74, 6) is 0.896. The molecule has 0 radical (unpaired) electrons. The maximum Gasteiger partial charge on any atom is 0.262 e. The molecule has 31 heavy (non-hydrogen) atoms. The first-order chi connectivity index (χ1) is 14.7. The van der Waals surface area contributed by atoms with Crippen molar-refractivity contribution in [1.82, 2.24) is 5.16 Å². The van der Waals surface area contributed by atoms with E-state index in [1.807, 2.05) is 0 Å². The Morgan fingerprint density at radius 2 is 1.71 bits per heavy atom. The van der Waals surface area contributed by atoms with Crippen LogP contribution in [-0.2, 0) is 21.2 Å². The molecule has 0 bridgehead atoms. The summed E-state index contributed by atoms with van der Waals surface area (Å²) in [5, 5.41) is 6.54. The van der Waals surface area contributed by atoms with Crippen molar-refractivity contribution in [2.24, 2.45) is 0 Å². The number of sulfonamides is 1. The van der Waals surface area contributed by atoms with Gasteiger partial charge in [0.05, 0.1) is 42.6 Å². The number of hydrogen-bond donors (Lipinski definition) is 2. The van der Waals surface area contributed by atoms with E-state index in [9.17, 15) is 13.2 Å². The van der Waals surface area contributed by atoms with E-state index in [-0.39, 0.29) is 22.9 Å². The summed E-state index contributed by atoms with van der Waals surface area (Å²) in [7, 11) is -1.07. The van der Waals surface area contributed by atoms with Gasteiger partial charge in [-0.1, -0.05) is 17.3 Å². The molecule has 1 amide bonds. The topological polar surface area (TPSA) is 120 Å². The second kappa shape index (κ2) is 9.09. The van der Waals surface area contributed by atoms with E-state index in [1.54, 1.807) is 38.1 Å². The number of amides is 1. The minimum atomic E-state index is -3.95. The molecule has 2 N–H and O–H groups in total. The molecule has 9 nitrogen and oxygen atoms in total. The average Bonchev–Trinajstić information content (AvgIpc) is 3.05. The molecule has 0 atom stereocenters. The van der Waals surface area contributed by atoms with Crippen LogP contribution in [-0.4, -0.2) is 33.7 Å². The molecule has 0 spiro atoms. The van der Waals surface area contributed by atoms with Gasteiger partial charge in [-0.3, -0.25) is 9.52 Å². The summed E-state index contributed by atoms with van der Waals surface area (Å²) in [6.07, 6.45) is 0.0285. The number of aryl methyl sites for hydroxylation is 2. The van der Waals surface area contributed by atoms with Crippen molar-refractivity contribution in [3.05, 3.63) is 59.5 Å². The van der Waals surface area contributed by atoms with Crippen LogP contribution in [0.15, 0.2) is 51.9 Å². The molecule has 0 aliphatic carbocycles. The number of aromatic nitrogens is 1. The second-order valence-corrected chi connectivity index (χ2v) is 8.38. The Balaban J connectivity index is 1.86. The first-order valence-electron chi connectivity index (χ1n) is 9.30. The summed E-state index contributed by atoms with van der Waals surface area (Å²) < 4.78 is 43.9. The van der Waals surface area contributed by atoms with Gasteiger partial charge < -0.3 is 19.3 Å². The van der Waals surface area contributed by atoms with Crippen molar-refractivity contribution in [2.75, 3.05) is 24.3 Å². The minimum absolute atomic E-state index is 0.0285. The Morgan fingerprint density at radius 3 is 2.35 bits per heavy atom. The Labute approximate surface area is 180 Å². The molecule has 0 aliphatic rings. The highest BCUT2D eigenvalue weighted by molar-refractivity contribution is 7.92. The minimum Gasteiger partial charge on any atom is -0.495 e. The predicted octanol–water partition coefficient (Wildman–Crippen LogP) is 3.29. The fourth-order valence-corrected chi connectivity index (χ4v) is 4.09. The van der Waals surface area contributed by atoms with Crippen LogP contribution in [0.25, 0.3) is 0 Å². The lowest BCUT2D eigenvalue weighted by atomic mass is 10.1. The van der Waals surface area contributed by atoms with Gasteiger partial charge in [0.1, 0.15) is 17.3 Å². The maximum atomic E-state index is 12.9. The number of methoxy groups -OCH3 is 2. The fraction of sp³-hybridized carbons (Fsp3) is 0.238. The number of hydrogen-bond acceptors (Lipinski definition) is 7. The quantitative estimate of drug-likeness (QED) is 0.546. The first-order valence-corrected chi connectivity index (χ1v) is 10.8. The van der Waals surface area contributed by atoms with Crippen LogP contribution in [0.4, 0.5) is 11.4 Å². The lowest BCUT2D eigenvalue weighted by Gasteiger charge is -2.14. The van der Waals surface area contributed by atoms with E-state index in [0.29, 0.717) is 34.2 Å². The predicted molar refractivity (Wildman–Crippen MR) is 115 cm³/mol. The SMILES string of the molecule is COc1ccc(S(=O)(=O)Nc2ccccc2OC)cc1NC(=O)Cc1c(C)noc1C. The van der Waals surface area contributed by atoms with Crippen molar-refractivity contribution in [3.8, 4) is 11.5 Å². The van der Waals surface area contributed by atoms with Gasteiger partial charge in [-0.15, -0.1) is 0 Å². The molecule has 10 heteroatoms. The third kappa shape index (κ3) is 4.97. The average molecular weight is 445 g/mol. The van der Waals surface area contributed by atoms with E-state index in [4.69, 9.17) is 14.0 Å². The van der Waals surface area contributed by atoms with Gasteiger partial charge in [0.15, 0.2) is 0 Å². The highest BCUT2D eigenvalue weighted by Gasteiger charge is 2.20. The number of nitrogens with zero attached hydrogens (tertiary/aromatic N) is 1. The van der Waals surface area contributed by atoms with Gasteiger partial charge >= 0.3 is 0 Å². The second-order valence-electron chi connectivity index (χ2n) is 6.70. The van der Waals surface area contributed by atoms with Crippen LogP contribution < -0.4 is 19.5 Å². The van der Waals surface area contributed by atoms with E-state index in [0.717, 1.165) is 0 Å². The van der Waals surface area contributed by atoms with Gasteiger partial charge in [-0.2, -0.15) is 0 Å². The van der Waals surface area contributed by atoms with Crippen molar-refractivity contribution in [1.29, 1.82) is 0 Å². The van der Waals surface area contributed by atoms with Crippen LogP contribution in [0.1, 0.15) is 17.0 Å². The first kappa shape index (κ1) is 22.2. The van der Waals surface area contributed by atoms with Gasteiger partial charge in [0.25, 0.3) is 10.0 Å². The number of para-hydroxylation sites is 2. The summed E-state index contributed by atoms with van der Waals surface area (Å²) in [5.41, 5.74) is 1.82. The Kier molecular flexibility index (Phi) is 6.50. The standard InChI is InChI=1S/C21H23N3O6S/c1-13-16(14(2)30-23-13)12-21(25)22-18-11-15(9-10-20(18)29-4)31(26,27)24-17-7-5-6-8-19(17)28-3/h5-11,24H,12H2,1-4H3,(H,22,25). The molecule has 3 aromatic rings. The number of rotatable bonds is 8.